The summed E-state index contributed by atoms with van der Waals surface area (Å²) in [7, 11) is 0. The van der Waals surface area contributed by atoms with E-state index in [1.165, 1.54) is 44.2 Å². The van der Waals surface area contributed by atoms with Crippen molar-refractivity contribution in [2.75, 3.05) is 42.9 Å². The number of hydrogen-bond acceptors (Lipinski definition) is 3. The standard InChI is InChI=1S/C18H27N3O/c22-18(15-20-11-3-1-4-12-20)19-16-7-9-17(10-8-16)21-13-5-2-6-14-21/h7-10H,1-6,11-15H2,(H,19,22). The van der Waals surface area contributed by atoms with Crippen LogP contribution in [0.5, 0.6) is 0 Å². The van der Waals surface area contributed by atoms with E-state index in [0.29, 0.717) is 6.54 Å². The third-order valence-corrected chi connectivity index (χ3v) is 4.69. The number of nitrogens with one attached hydrogen (secondary N) is 1. The number of anilines is 2. The molecule has 4 nitrogen and oxygen atoms in total. The number of amides is 1. The van der Waals surface area contributed by atoms with Gasteiger partial charge in [0, 0.05) is 24.5 Å². The molecule has 2 heterocycles. The lowest BCUT2D eigenvalue weighted by atomic mass is 10.1. The molecule has 1 N–H and O–H groups in total. The van der Waals surface area contributed by atoms with Gasteiger partial charge in [-0.15, -0.1) is 0 Å². The number of carbonyl (C=O) groups is 1. The van der Waals surface area contributed by atoms with Crippen molar-refractivity contribution >= 4 is 17.3 Å². The van der Waals surface area contributed by atoms with E-state index in [2.05, 4.69) is 27.2 Å². The molecular formula is C18H27N3O. The first kappa shape index (κ1) is 15.3. The van der Waals surface area contributed by atoms with Crippen LogP contribution >= 0.6 is 0 Å². The van der Waals surface area contributed by atoms with Gasteiger partial charge in [0.1, 0.15) is 0 Å². The molecule has 0 aliphatic carbocycles. The van der Waals surface area contributed by atoms with E-state index >= 15 is 0 Å². The Bertz CT molecular complexity index is 474. The average molecular weight is 301 g/mol. The summed E-state index contributed by atoms with van der Waals surface area (Å²) in [6.45, 7) is 4.94. The Morgan fingerprint density at radius 3 is 2.09 bits per heavy atom. The predicted molar refractivity (Wildman–Crippen MR) is 91.4 cm³/mol. The minimum absolute atomic E-state index is 0.104. The number of likely N-dealkylation sites (tertiary alicyclic amines) is 1. The normalized spacial score (nSPS) is 19.9. The van der Waals surface area contributed by atoms with Crippen molar-refractivity contribution in [2.45, 2.75) is 38.5 Å². The minimum Gasteiger partial charge on any atom is -0.372 e. The van der Waals surface area contributed by atoms with Crippen LogP contribution < -0.4 is 10.2 Å². The van der Waals surface area contributed by atoms with Crippen LogP contribution in [-0.2, 0) is 4.79 Å². The van der Waals surface area contributed by atoms with E-state index in [-0.39, 0.29) is 5.91 Å². The van der Waals surface area contributed by atoms with E-state index in [9.17, 15) is 4.79 Å². The van der Waals surface area contributed by atoms with Gasteiger partial charge in [-0.2, -0.15) is 0 Å². The highest BCUT2D eigenvalue weighted by Crippen LogP contribution is 2.21. The van der Waals surface area contributed by atoms with Gasteiger partial charge >= 0.3 is 0 Å². The first-order valence-corrected chi connectivity index (χ1v) is 8.68. The summed E-state index contributed by atoms with van der Waals surface area (Å²) in [6.07, 6.45) is 7.66. The Morgan fingerprint density at radius 1 is 0.864 bits per heavy atom. The molecule has 0 saturated carbocycles. The Kier molecular flexibility index (Phi) is 5.33. The highest BCUT2D eigenvalue weighted by molar-refractivity contribution is 5.92. The van der Waals surface area contributed by atoms with Crippen molar-refractivity contribution in [3.05, 3.63) is 24.3 Å². The molecule has 0 unspecified atom stereocenters. The quantitative estimate of drug-likeness (QED) is 0.928. The Hall–Kier alpha value is -1.55. The molecule has 2 aliphatic rings. The van der Waals surface area contributed by atoms with Gasteiger partial charge in [-0.1, -0.05) is 6.42 Å². The highest BCUT2D eigenvalue weighted by Gasteiger charge is 2.14. The molecule has 1 amide bonds. The molecule has 3 rings (SSSR count). The zero-order valence-electron chi connectivity index (χ0n) is 13.4. The molecule has 2 fully saturated rings. The second-order valence-electron chi connectivity index (χ2n) is 6.48. The van der Waals surface area contributed by atoms with E-state index in [1.54, 1.807) is 0 Å². The zero-order chi connectivity index (χ0) is 15.2. The fraction of sp³-hybridized carbons (Fsp3) is 0.611. The van der Waals surface area contributed by atoms with Gasteiger partial charge in [-0.05, 0) is 69.5 Å². The summed E-state index contributed by atoms with van der Waals surface area (Å²) in [4.78, 5) is 16.8. The Labute approximate surface area is 133 Å². The number of rotatable bonds is 4. The molecule has 120 valence electrons. The number of hydrogen-bond donors (Lipinski definition) is 1. The maximum Gasteiger partial charge on any atom is 0.238 e. The van der Waals surface area contributed by atoms with Crippen molar-refractivity contribution in [1.29, 1.82) is 0 Å². The maximum atomic E-state index is 12.1. The van der Waals surface area contributed by atoms with Crippen LogP contribution in [0.15, 0.2) is 24.3 Å². The summed E-state index contributed by atoms with van der Waals surface area (Å²) >= 11 is 0. The fourth-order valence-electron chi connectivity index (χ4n) is 3.43. The maximum absolute atomic E-state index is 12.1. The first-order chi connectivity index (χ1) is 10.8. The van der Waals surface area contributed by atoms with Crippen molar-refractivity contribution in [3.8, 4) is 0 Å². The minimum atomic E-state index is 0.104. The van der Waals surface area contributed by atoms with Crippen molar-refractivity contribution < 1.29 is 4.79 Å². The van der Waals surface area contributed by atoms with Crippen LogP contribution in [0.4, 0.5) is 11.4 Å². The molecule has 4 heteroatoms. The van der Waals surface area contributed by atoms with E-state index in [0.717, 1.165) is 31.9 Å². The lowest BCUT2D eigenvalue weighted by molar-refractivity contribution is -0.117. The molecule has 0 radical (unpaired) electrons. The predicted octanol–water partition coefficient (Wildman–Crippen LogP) is 3.10. The van der Waals surface area contributed by atoms with Crippen LogP contribution in [-0.4, -0.2) is 43.5 Å². The van der Waals surface area contributed by atoms with Gasteiger partial charge < -0.3 is 10.2 Å². The second kappa shape index (κ2) is 7.63. The van der Waals surface area contributed by atoms with Crippen LogP contribution in [0.3, 0.4) is 0 Å². The summed E-state index contributed by atoms with van der Waals surface area (Å²) in [6, 6.07) is 8.31. The SMILES string of the molecule is O=C(CN1CCCCC1)Nc1ccc(N2CCCCC2)cc1. The van der Waals surface area contributed by atoms with Crippen LogP contribution in [0.1, 0.15) is 38.5 Å². The Morgan fingerprint density at radius 2 is 1.45 bits per heavy atom. The third kappa shape index (κ3) is 4.23. The molecule has 1 aromatic carbocycles. The molecule has 0 atom stereocenters. The van der Waals surface area contributed by atoms with Gasteiger partial charge in [0.2, 0.25) is 5.91 Å². The van der Waals surface area contributed by atoms with Crippen molar-refractivity contribution in [2.24, 2.45) is 0 Å². The molecule has 1 aromatic rings. The van der Waals surface area contributed by atoms with Crippen LogP contribution in [0, 0.1) is 0 Å². The average Bonchev–Trinajstić information content (AvgIpc) is 2.57. The Balaban J connectivity index is 1.50. The highest BCUT2D eigenvalue weighted by atomic mass is 16.2. The lowest BCUT2D eigenvalue weighted by Crippen LogP contribution is -2.36. The van der Waals surface area contributed by atoms with Gasteiger partial charge in [0.05, 0.1) is 6.54 Å². The van der Waals surface area contributed by atoms with Crippen LogP contribution in [0.25, 0.3) is 0 Å². The molecule has 0 aromatic heterocycles. The summed E-state index contributed by atoms with van der Waals surface area (Å²) in [5, 5.41) is 3.02. The van der Waals surface area contributed by atoms with Crippen LogP contribution in [0.2, 0.25) is 0 Å². The van der Waals surface area contributed by atoms with Gasteiger partial charge in [-0.3, -0.25) is 9.69 Å². The molecule has 2 saturated heterocycles. The number of piperidine rings is 2. The van der Waals surface area contributed by atoms with E-state index in [1.807, 2.05) is 12.1 Å². The zero-order valence-corrected chi connectivity index (χ0v) is 13.4. The van der Waals surface area contributed by atoms with Gasteiger partial charge in [0.25, 0.3) is 0 Å². The summed E-state index contributed by atoms with van der Waals surface area (Å²) < 4.78 is 0. The second-order valence-corrected chi connectivity index (χ2v) is 6.48. The molecule has 2 aliphatic heterocycles. The smallest absolute Gasteiger partial charge is 0.238 e. The van der Waals surface area contributed by atoms with E-state index in [4.69, 9.17) is 0 Å². The van der Waals surface area contributed by atoms with Crippen molar-refractivity contribution in [1.82, 2.24) is 4.90 Å². The molecule has 0 bridgehead atoms. The molecule has 0 spiro atoms. The first-order valence-electron chi connectivity index (χ1n) is 8.68. The number of carbonyl (C=O) groups excluding carboxylic acids is 1. The number of nitrogens with zero attached hydrogens (tertiary/aromatic N) is 2. The summed E-state index contributed by atoms with van der Waals surface area (Å²) in [5.41, 5.74) is 2.18. The largest absolute Gasteiger partial charge is 0.372 e. The fourth-order valence-corrected chi connectivity index (χ4v) is 3.43. The third-order valence-electron chi connectivity index (χ3n) is 4.69. The molecule has 22 heavy (non-hydrogen) atoms. The topological polar surface area (TPSA) is 35.6 Å². The van der Waals surface area contributed by atoms with Gasteiger partial charge in [-0.25, -0.2) is 0 Å². The summed E-state index contributed by atoms with van der Waals surface area (Å²) in [5.74, 6) is 0.104. The lowest BCUT2D eigenvalue weighted by Gasteiger charge is -2.29. The van der Waals surface area contributed by atoms with Crippen molar-refractivity contribution in [3.63, 3.8) is 0 Å². The van der Waals surface area contributed by atoms with Gasteiger partial charge in [0.15, 0.2) is 0 Å². The number of benzene rings is 1. The van der Waals surface area contributed by atoms with E-state index < -0.39 is 0 Å². The monoisotopic (exact) mass is 301 g/mol. The molecular weight excluding hydrogens is 274 g/mol.